The smallest absolute Gasteiger partial charge is 0.271 e. The summed E-state index contributed by atoms with van der Waals surface area (Å²) in [4.78, 5) is 24.0. The molecule has 0 saturated heterocycles. The maximum Gasteiger partial charge on any atom is 0.271 e. The Morgan fingerprint density at radius 2 is 1.89 bits per heavy atom. The van der Waals surface area contributed by atoms with Crippen molar-refractivity contribution in [3.05, 3.63) is 56.5 Å². The van der Waals surface area contributed by atoms with Crippen LogP contribution in [-0.2, 0) is 0 Å². The molecule has 2 rings (SSSR count). The number of non-ortho nitro benzene ring substituents is 1. The summed E-state index contributed by atoms with van der Waals surface area (Å²) in [6.07, 6.45) is 0. The van der Waals surface area contributed by atoms with Crippen molar-refractivity contribution in [2.45, 2.75) is 6.92 Å². The minimum atomic E-state index is -0.460. The van der Waals surface area contributed by atoms with Gasteiger partial charge < -0.3 is 10.7 Å². The molecule has 18 heavy (non-hydrogen) atoms. The minimum absolute atomic E-state index is 0.0220. The number of nitrogen functional groups attached to an aromatic ring is 1. The van der Waals surface area contributed by atoms with Crippen molar-refractivity contribution in [1.82, 2.24) is 4.98 Å². The highest BCUT2D eigenvalue weighted by Gasteiger charge is 2.08. The standard InChI is InChI=1S/C12H11N3O3/c1-7-10(6-11(13)12(16)14-7)8-2-4-9(5-3-8)15(17)18/h2-6H,13H2,1H3,(H,14,16). The zero-order chi connectivity index (χ0) is 13.3. The van der Waals surface area contributed by atoms with E-state index in [0.717, 1.165) is 11.1 Å². The van der Waals surface area contributed by atoms with Crippen LogP contribution in [0.5, 0.6) is 0 Å². The minimum Gasteiger partial charge on any atom is -0.394 e. The van der Waals surface area contributed by atoms with Crippen LogP contribution in [0.1, 0.15) is 5.69 Å². The Kier molecular flexibility index (Phi) is 2.85. The third kappa shape index (κ3) is 2.08. The second-order valence-corrected chi connectivity index (χ2v) is 3.90. The third-order valence-corrected chi connectivity index (χ3v) is 2.66. The Hall–Kier alpha value is -2.63. The lowest BCUT2D eigenvalue weighted by atomic mass is 10.0. The summed E-state index contributed by atoms with van der Waals surface area (Å²) in [5, 5.41) is 10.6. The maximum absolute atomic E-state index is 11.3. The summed E-state index contributed by atoms with van der Waals surface area (Å²) in [5.41, 5.74) is 7.55. The number of aryl methyl sites for hydroxylation is 1. The van der Waals surface area contributed by atoms with Crippen LogP contribution >= 0.6 is 0 Å². The van der Waals surface area contributed by atoms with Gasteiger partial charge in [-0.15, -0.1) is 0 Å². The summed E-state index contributed by atoms with van der Waals surface area (Å²) in [7, 11) is 0. The number of hydrogen-bond donors (Lipinski definition) is 2. The first-order valence-electron chi connectivity index (χ1n) is 5.23. The van der Waals surface area contributed by atoms with Gasteiger partial charge in [-0.05, 0) is 30.7 Å². The van der Waals surface area contributed by atoms with Gasteiger partial charge in [-0.3, -0.25) is 14.9 Å². The Morgan fingerprint density at radius 3 is 2.44 bits per heavy atom. The molecule has 6 heteroatoms. The first-order valence-corrected chi connectivity index (χ1v) is 5.23. The topological polar surface area (TPSA) is 102 Å². The van der Waals surface area contributed by atoms with Gasteiger partial charge >= 0.3 is 0 Å². The molecular formula is C12H11N3O3. The molecular weight excluding hydrogens is 234 g/mol. The molecule has 0 fully saturated rings. The van der Waals surface area contributed by atoms with E-state index in [1.54, 1.807) is 25.1 Å². The molecule has 0 aliphatic heterocycles. The molecule has 0 aliphatic carbocycles. The molecule has 92 valence electrons. The van der Waals surface area contributed by atoms with Gasteiger partial charge in [0.05, 0.1) is 10.6 Å². The number of anilines is 1. The monoisotopic (exact) mass is 245 g/mol. The molecule has 0 aliphatic rings. The number of nitrogens with zero attached hydrogens (tertiary/aromatic N) is 1. The fourth-order valence-corrected chi connectivity index (χ4v) is 1.70. The molecule has 0 spiro atoms. The van der Waals surface area contributed by atoms with Crippen LogP contribution in [0, 0.1) is 17.0 Å². The van der Waals surface area contributed by atoms with E-state index in [4.69, 9.17) is 5.73 Å². The van der Waals surface area contributed by atoms with Gasteiger partial charge in [-0.1, -0.05) is 0 Å². The van der Waals surface area contributed by atoms with Crippen LogP contribution in [-0.4, -0.2) is 9.91 Å². The number of hydrogen-bond acceptors (Lipinski definition) is 4. The van der Waals surface area contributed by atoms with E-state index in [9.17, 15) is 14.9 Å². The highest BCUT2D eigenvalue weighted by Crippen LogP contribution is 2.24. The molecule has 2 aromatic rings. The molecule has 0 amide bonds. The average Bonchev–Trinajstić information content (AvgIpc) is 2.34. The van der Waals surface area contributed by atoms with E-state index >= 15 is 0 Å². The van der Waals surface area contributed by atoms with Gasteiger partial charge in [0.1, 0.15) is 0 Å². The number of aromatic amines is 1. The van der Waals surface area contributed by atoms with E-state index in [0.29, 0.717) is 5.69 Å². The molecule has 0 atom stereocenters. The largest absolute Gasteiger partial charge is 0.394 e. The Balaban J connectivity index is 2.52. The normalized spacial score (nSPS) is 10.3. The number of nitro groups is 1. The lowest BCUT2D eigenvalue weighted by Gasteiger charge is -2.06. The summed E-state index contributed by atoms with van der Waals surface area (Å²) in [5.74, 6) is 0. The number of nitrogens with two attached hydrogens (primary N) is 1. The highest BCUT2D eigenvalue weighted by molar-refractivity contribution is 5.69. The highest BCUT2D eigenvalue weighted by atomic mass is 16.6. The van der Waals surface area contributed by atoms with Gasteiger partial charge in [0, 0.05) is 23.4 Å². The van der Waals surface area contributed by atoms with Gasteiger partial charge in [0.25, 0.3) is 11.2 Å². The summed E-state index contributed by atoms with van der Waals surface area (Å²) in [6, 6.07) is 7.64. The number of nitro benzene ring substituents is 1. The van der Waals surface area contributed by atoms with Crippen molar-refractivity contribution < 1.29 is 4.92 Å². The van der Waals surface area contributed by atoms with Crippen LogP contribution in [0.2, 0.25) is 0 Å². The first-order chi connectivity index (χ1) is 8.49. The fourth-order valence-electron chi connectivity index (χ4n) is 1.70. The molecule has 1 aromatic carbocycles. The summed E-state index contributed by atoms with van der Waals surface area (Å²) in [6.45, 7) is 1.75. The van der Waals surface area contributed by atoms with E-state index in [1.807, 2.05) is 0 Å². The quantitative estimate of drug-likeness (QED) is 0.622. The van der Waals surface area contributed by atoms with Crippen LogP contribution in [0.3, 0.4) is 0 Å². The maximum atomic E-state index is 11.3. The van der Waals surface area contributed by atoms with Gasteiger partial charge in [0.15, 0.2) is 0 Å². The Bertz CT molecular complexity index is 659. The lowest BCUT2D eigenvalue weighted by Crippen LogP contribution is -2.13. The van der Waals surface area contributed by atoms with E-state index in [2.05, 4.69) is 4.98 Å². The van der Waals surface area contributed by atoms with Crippen LogP contribution in [0.4, 0.5) is 11.4 Å². The summed E-state index contributed by atoms with van der Waals surface area (Å²) >= 11 is 0. The SMILES string of the molecule is Cc1[nH]c(=O)c(N)cc1-c1ccc([N+](=O)[O-])cc1. The van der Waals surface area contributed by atoms with Crippen molar-refractivity contribution in [2.24, 2.45) is 0 Å². The van der Waals surface area contributed by atoms with Gasteiger partial charge in [0.2, 0.25) is 0 Å². The first kappa shape index (κ1) is 11.8. The van der Waals surface area contributed by atoms with Crippen molar-refractivity contribution in [2.75, 3.05) is 5.73 Å². The Labute approximate surface area is 102 Å². The molecule has 0 radical (unpaired) electrons. The fraction of sp³-hybridized carbons (Fsp3) is 0.0833. The van der Waals surface area contributed by atoms with E-state index in [-0.39, 0.29) is 16.9 Å². The Morgan fingerprint density at radius 1 is 1.28 bits per heavy atom. The zero-order valence-corrected chi connectivity index (χ0v) is 9.64. The molecule has 1 heterocycles. The third-order valence-electron chi connectivity index (χ3n) is 2.66. The van der Waals surface area contributed by atoms with Crippen molar-refractivity contribution in [1.29, 1.82) is 0 Å². The van der Waals surface area contributed by atoms with Crippen LogP contribution in [0.25, 0.3) is 11.1 Å². The van der Waals surface area contributed by atoms with E-state index in [1.165, 1.54) is 12.1 Å². The number of pyridine rings is 1. The number of aromatic nitrogens is 1. The van der Waals surface area contributed by atoms with Crippen LogP contribution in [0.15, 0.2) is 35.1 Å². The van der Waals surface area contributed by atoms with Crippen LogP contribution < -0.4 is 11.3 Å². The molecule has 6 nitrogen and oxygen atoms in total. The molecule has 3 N–H and O–H groups in total. The van der Waals surface area contributed by atoms with E-state index < -0.39 is 4.92 Å². The van der Waals surface area contributed by atoms with Gasteiger partial charge in [-0.25, -0.2) is 0 Å². The molecule has 1 aromatic heterocycles. The predicted octanol–water partition coefficient (Wildman–Crippen LogP) is 1.84. The van der Waals surface area contributed by atoms with Gasteiger partial charge in [-0.2, -0.15) is 0 Å². The number of nitrogens with one attached hydrogen (secondary N) is 1. The lowest BCUT2D eigenvalue weighted by molar-refractivity contribution is -0.384. The number of benzene rings is 1. The number of rotatable bonds is 2. The molecule has 0 saturated carbocycles. The second kappa shape index (κ2) is 4.33. The second-order valence-electron chi connectivity index (χ2n) is 3.90. The van der Waals surface area contributed by atoms with Crippen molar-refractivity contribution in [3.8, 4) is 11.1 Å². The summed E-state index contributed by atoms with van der Waals surface area (Å²) < 4.78 is 0. The number of H-pyrrole nitrogens is 1. The molecule has 0 unspecified atom stereocenters. The van der Waals surface area contributed by atoms with Crippen molar-refractivity contribution in [3.63, 3.8) is 0 Å². The average molecular weight is 245 g/mol. The predicted molar refractivity (Wildman–Crippen MR) is 68.3 cm³/mol. The molecule has 0 bridgehead atoms. The van der Waals surface area contributed by atoms with Crippen molar-refractivity contribution >= 4 is 11.4 Å². The zero-order valence-electron chi connectivity index (χ0n) is 9.64.